The predicted octanol–water partition coefficient (Wildman–Crippen LogP) is 0.917. The number of carbonyl (C=O) groups excluding carboxylic acids is 1. The molecule has 0 radical (unpaired) electrons. The molecule has 1 heterocycles. The molecule has 0 saturated carbocycles. The van der Waals surface area contributed by atoms with Crippen molar-refractivity contribution in [2.45, 2.75) is 13.0 Å². The number of furan rings is 1. The molecule has 1 aromatic heterocycles. The summed E-state index contributed by atoms with van der Waals surface area (Å²) in [5.41, 5.74) is 1.27. The van der Waals surface area contributed by atoms with Gasteiger partial charge in [0.1, 0.15) is 5.58 Å². The fourth-order valence-corrected chi connectivity index (χ4v) is 1.75. The summed E-state index contributed by atoms with van der Waals surface area (Å²) < 4.78 is 5.41. The van der Waals surface area contributed by atoms with Gasteiger partial charge < -0.3 is 19.9 Å². The van der Waals surface area contributed by atoms with Gasteiger partial charge in [-0.2, -0.15) is 0 Å². The first-order valence-electron chi connectivity index (χ1n) is 5.68. The number of carboxylic acid groups (broad SMARTS) is 1. The number of para-hydroxylation sites is 1. The summed E-state index contributed by atoms with van der Waals surface area (Å²) in [5.74, 6) is -1.81. The molecule has 0 saturated heterocycles. The van der Waals surface area contributed by atoms with Gasteiger partial charge in [0.25, 0.3) is 5.91 Å². The van der Waals surface area contributed by atoms with Crippen LogP contribution in [-0.2, 0) is 4.79 Å². The van der Waals surface area contributed by atoms with Gasteiger partial charge in [0, 0.05) is 10.9 Å². The van der Waals surface area contributed by atoms with Crippen LogP contribution in [0.15, 0.2) is 28.7 Å². The van der Waals surface area contributed by atoms with E-state index in [1.54, 1.807) is 19.1 Å². The Morgan fingerprint density at radius 3 is 2.68 bits per heavy atom. The Balaban J connectivity index is 2.18. The molecule has 19 heavy (non-hydrogen) atoms. The van der Waals surface area contributed by atoms with E-state index in [9.17, 15) is 9.59 Å². The molecule has 0 unspecified atom stereocenters. The summed E-state index contributed by atoms with van der Waals surface area (Å²) in [6.45, 7) is 1.37. The van der Waals surface area contributed by atoms with E-state index < -0.39 is 18.0 Å². The van der Waals surface area contributed by atoms with E-state index >= 15 is 0 Å². The first-order valence-corrected chi connectivity index (χ1v) is 5.68. The minimum absolute atomic E-state index is 0.124. The number of fused-ring (bicyclic) bond motifs is 1. The summed E-state index contributed by atoms with van der Waals surface area (Å²) in [6, 6.07) is 7.20. The zero-order valence-electron chi connectivity index (χ0n) is 10.2. The number of aliphatic hydroxyl groups is 1. The number of carbonyl (C=O) groups is 2. The molecule has 0 aliphatic heterocycles. The summed E-state index contributed by atoms with van der Waals surface area (Å²) in [7, 11) is 0. The van der Waals surface area contributed by atoms with Crippen molar-refractivity contribution in [2.75, 3.05) is 6.54 Å². The second kappa shape index (κ2) is 5.11. The number of hydrogen-bond donors (Lipinski definition) is 3. The lowest BCUT2D eigenvalue weighted by Crippen LogP contribution is -2.36. The van der Waals surface area contributed by atoms with Gasteiger partial charge in [-0.15, -0.1) is 0 Å². The quantitative estimate of drug-likeness (QED) is 0.761. The fraction of sp³-hybridized carbons (Fsp3) is 0.231. The highest BCUT2D eigenvalue weighted by Gasteiger charge is 2.19. The van der Waals surface area contributed by atoms with Crippen LogP contribution < -0.4 is 5.32 Å². The molecule has 0 spiro atoms. The highest BCUT2D eigenvalue weighted by molar-refractivity contribution is 5.99. The van der Waals surface area contributed by atoms with Crippen LogP contribution in [0, 0.1) is 6.92 Å². The maximum absolute atomic E-state index is 11.9. The van der Waals surface area contributed by atoms with E-state index in [0.29, 0.717) is 11.1 Å². The molecule has 2 rings (SSSR count). The molecule has 1 aromatic carbocycles. The van der Waals surface area contributed by atoms with Crippen LogP contribution in [0.3, 0.4) is 0 Å². The second-order valence-corrected chi connectivity index (χ2v) is 4.12. The van der Waals surface area contributed by atoms with Gasteiger partial charge in [-0.05, 0) is 13.0 Å². The van der Waals surface area contributed by atoms with Gasteiger partial charge in [0.05, 0.1) is 6.54 Å². The molecule has 0 aliphatic carbocycles. The van der Waals surface area contributed by atoms with Crippen molar-refractivity contribution < 1.29 is 24.2 Å². The maximum Gasteiger partial charge on any atom is 0.334 e. The van der Waals surface area contributed by atoms with Gasteiger partial charge in [0.2, 0.25) is 0 Å². The van der Waals surface area contributed by atoms with Crippen molar-refractivity contribution in [3.63, 3.8) is 0 Å². The minimum Gasteiger partial charge on any atom is -0.479 e. The third-order valence-electron chi connectivity index (χ3n) is 2.79. The van der Waals surface area contributed by atoms with Crippen LogP contribution in [0.1, 0.15) is 16.1 Å². The maximum atomic E-state index is 11.9. The number of benzene rings is 1. The van der Waals surface area contributed by atoms with Gasteiger partial charge in [-0.25, -0.2) is 4.79 Å². The molecule has 0 aliphatic rings. The van der Waals surface area contributed by atoms with Crippen molar-refractivity contribution in [3.8, 4) is 0 Å². The highest BCUT2D eigenvalue weighted by atomic mass is 16.4. The Morgan fingerprint density at radius 1 is 1.37 bits per heavy atom. The number of rotatable bonds is 4. The molecule has 0 fully saturated rings. The van der Waals surface area contributed by atoms with Gasteiger partial charge in [-0.1, -0.05) is 18.2 Å². The molecule has 1 amide bonds. The zero-order chi connectivity index (χ0) is 14.0. The number of amides is 1. The first kappa shape index (κ1) is 13.1. The normalized spacial score (nSPS) is 12.3. The Hall–Kier alpha value is -2.34. The standard InChI is InChI=1S/C13H13NO5/c1-7-8-4-2-3-5-10(8)19-11(7)12(16)14-6-9(15)13(17)18/h2-5,9,15H,6H2,1H3,(H,14,16)(H,17,18)/t9-/m0/s1. The highest BCUT2D eigenvalue weighted by Crippen LogP contribution is 2.24. The molecule has 6 heteroatoms. The number of nitrogens with one attached hydrogen (secondary N) is 1. The van der Waals surface area contributed by atoms with Crippen molar-refractivity contribution in [2.24, 2.45) is 0 Å². The lowest BCUT2D eigenvalue weighted by molar-refractivity contribution is -0.146. The molecule has 100 valence electrons. The van der Waals surface area contributed by atoms with Crippen LogP contribution >= 0.6 is 0 Å². The Labute approximate surface area is 108 Å². The van der Waals surface area contributed by atoms with Crippen LogP contribution in [-0.4, -0.2) is 34.7 Å². The van der Waals surface area contributed by atoms with Gasteiger partial charge >= 0.3 is 5.97 Å². The Bertz CT molecular complexity index is 631. The summed E-state index contributed by atoms with van der Waals surface area (Å²) in [5, 5.41) is 20.7. The van der Waals surface area contributed by atoms with E-state index in [0.717, 1.165) is 5.39 Å². The number of aryl methyl sites for hydroxylation is 1. The average Bonchev–Trinajstić information content (AvgIpc) is 2.73. The summed E-state index contributed by atoms with van der Waals surface area (Å²) in [6.07, 6.45) is -1.63. The zero-order valence-corrected chi connectivity index (χ0v) is 10.2. The van der Waals surface area contributed by atoms with E-state index in [4.69, 9.17) is 14.6 Å². The number of aliphatic hydroxyl groups excluding tert-OH is 1. The molecule has 0 bridgehead atoms. The summed E-state index contributed by atoms with van der Waals surface area (Å²) >= 11 is 0. The van der Waals surface area contributed by atoms with Crippen LogP contribution in [0.4, 0.5) is 0 Å². The van der Waals surface area contributed by atoms with Crippen LogP contribution in [0.5, 0.6) is 0 Å². The first-order chi connectivity index (χ1) is 9.00. The van der Waals surface area contributed by atoms with E-state index in [-0.39, 0.29) is 12.3 Å². The van der Waals surface area contributed by atoms with Crippen LogP contribution in [0.2, 0.25) is 0 Å². The van der Waals surface area contributed by atoms with Crippen molar-refractivity contribution in [1.29, 1.82) is 0 Å². The van der Waals surface area contributed by atoms with Crippen LogP contribution in [0.25, 0.3) is 11.0 Å². The lowest BCUT2D eigenvalue weighted by atomic mass is 10.1. The van der Waals surface area contributed by atoms with Crippen molar-refractivity contribution in [3.05, 3.63) is 35.6 Å². The molecular formula is C13H13NO5. The SMILES string of the molecule is Cc1c(C(=O)NC[C@H](O)C(=O)O)oc2ccccc12. The Kier molecular flexibility index (Phi) is 3.52. The lowest BCUT2D eigenvalue weighted by Gasteiger charge is -2.06. The molecule has 3 N–H and O–H groups in total. The monoisotopic (exact) mass is 263 g/mol. The average molecular weight is 263 g/mol. The van der Waals surface area contributed by atoms with Gasteiger partial charge in [-0.3, -0.25) is 4.79 Å². The van der Waals surface area contributed by atoms with E-state index in [1.807, 2.05) is 12.1 Å². The number of hydrogen-bond acceptors (Lipinski definition) is 4. The number of carboxylic acids is 1. The Morgan fingerprint density at radius 2 is 2.05 bits per heavy atom. The molecular weight excluding hydrogens is 250 g/mol. The summed E-state index contributed by atoms with van der Waals surface area (Å²) in [4.78, 5) is 22.3. The second-order valence-electron chi connectivity index (χ2n) is 4.12. The van der Waals surface area contributed by atoms with E-state index in [1.165, 1.54) is 0 Å². The van der Waals surface area contributed by atoms with Crippen molar-refractivity contribution >= 4 is 22.8 Å². The molecule has 2 aromatic rings. The smallest absolute Gasteiger partial charge is 0.334 e. The topological polar surface area (TPSA) is 99.8 Å². The third kappa shape index (κ3) is 2.58. The van der Waals surface area contributed by atoms with E-state index in [2.05, 4.69) is 5.32 Å². The largest absolute Gasteiger partial charge is 0.479 e. The van der Waals surface area contributed by atoms with Crippen molar-refractivity contribution in [1.82, 2.24) is 5.32 Å². The third-order valence-corrected chi connectivity index (χ3v) is 2.79. The molecule has 1 atom stereocenters. The predicted molar refractivity (Wildman–Crippen MR) is 66.9 cm³/mol. The van der Waals surface area contributed by atoms with Gasteiger partial charge in [0.15, 0.2) is 11.9 Å². The number of aliphatic carboxylic acids is 1. The fourth-order valence-electron chi connectivity index (χ4n) is 1.75. The molecule has 6 nitrogen and oxygen atoms in total. The minimum atomic E-state index is -1.63.